The van der Waals surface area contributed by atoms with Crippen LogP contribution in [-0.4, -0.2) is 43.3 Å². The number of hydrogen-bond donors (Lipinski definition) is 2. The molecule has 0 spiro atoms. The average Bonchev–Trinajstić information content (AvgIpc) is 3.18. The van der Waals surface area contributed by atoms with Gasteiger partial charge in [-0.05, 0) is 0 Å². The Kier molecular flexibility index (Phi) is 12.0. The summed E-state index contributed by atoms with van der Waals surface area (Å²) in [6.45, 7) is 12.4. The fraction of sp³-hybridized carbons (Fsp3) is 0.550. The molecule has 0 amide bonds. The van der Waals surface area contributed by atoms with E-state index in [1.54, 1.807) is 17.0 Å². The monoisotopic (exact) mass is 522 g/mol. The summed E-state index contributed by atoms with van der Waals surface area (Å²) in [7, 11) is -2.93. The van der Waals surface area contributed by atoms with E-state index in [4.69, 9.17) is 0 Å². The Morgan fingerprint density at radius 2 is 1.22 bits per heavy atom. The Labute approximate surface area is 187 Å². The van der Waals surface area contributed by atoms with Crippen molar-refractivity contribution in [1.82, 2.24) is 0 Å². The minimum absolute atomic E-state index is 0. The minimum atomic E-state index is -1.83. The SMILES string of the molecule is C[CH]=[Zr+2]([C]1=CC([Si](C)(C)CCO)=CC1)[C]1=CC([Si](C)(C)CCO)=CC1.[Cl-].[Cl-]. The van der Waals surface area contributed by atoms with Gasteiger partial charge in [-0.15, -0.1) is 0 Å². The first-order valence-corrected chi connectivity index (χ1v) is 19.8. The molecule has 0 bridgehead atoms. The van der Waals surface area contributed by atoms with E-state index in [0.717, 1.165) is 24.9 Å². The summed E-state index contributed by atoms with van der Waals surface area (Å²) in [4.78, 5) is 0. The molecule has 0 aromatic heterocycles. The van der Waals surface area contributed by atoms with Crippen molar-refractivity contribution in [3.8, 4) is 0 Å². The van der Waals surface area contributed by atoms with Crippen LogP contribution in [0.15, 0.2) is 41.3 Å². The zero-order valence-corrected chi connectivity index (χ0v) is 23.2. The van der Waals surface area contributed by atoms with Crippen LogP contribution in [0.25, 0.3) is 0 Å². The minimum Gasteiger partial charge on any atom is -1.00 e. The molecule has 0 radical (unpaired) electrons. The van der Waals surface area contributed by atoms with Crippen LogP contribution in [0.3, 0.4) is 0 Å². The van der Waals surface area contributed by atoms with Gasteiger partial charge in [0.1, 0.15) is 0 Å². The maximum Gasteiger partial charge on any atom is -1.00 e. The van der Waals surface area contributed by atoms with Gasteiger partial charge < -0.3 is 24.8 Å². The third-order valence-electron chi connectivity index (χ3n) is 5.76. The fourth-order valence-electron chi connectivity index (χ4n) is 3.79. The van der Waals surface area contributed by atoms with Crippen LogP contribution in [0.1, 0.15) is 19.8 Å². The number of aliphatic hydroxyl groups is 2. The van der Waals surface area contributed by atoms with Gasteiger partial charge in [-0.1, -0.05) is 0 Å². The molecule has 0 saturated carbocycles. The van der Waals surface area contributed by atoms with Crippen LogP contribution in [-0.2, 0) is 21.3 Å². The van der Waals surface area contributed by atoms with Crippen molar-refractivity contribution < 1.29 is 56.3 Å². The summed E-state index contributed by atoms with van der Waals surface area (Å²) >= 11 is -1.83. The molecule has 2 aliphatic rings. The predicted molar refractivity (Wildman–Crippen MR) is 112 cm³/mol. The van der Waals surface area contributed by atoms with Gasteiger partial charge in [-0.2, -0.15) is 0 Å². The zero-order valence-electron chi connectivity index (χ0n) is 17.3. The quantitative estimate of drug-likeness (QED) is 0.374. The van der Waals surface area contributed by atoms with Crippen molar-refractivity contribution in [2.75, 3.05) is 13.2 Å². The van der Waals surface area contributed by atoms with Crippen molar-refractivity contribution in [2.45, 2.75) is 58.0 Å². The molecule has 0 unspecified atom stereocenters. The fourth-order valence-corrected chi connectivity index (χ4v) is 14.6. The van der Waals surface area contributed by atoms with Gasteiger partial charge in [-0.25, -0.2) is 0 Å². The summed E-state index contributed by atoms with van der Waals surface area (Å²) in [6.07, 6.45) is 12.2. The predicted octanol–water partition coefficient (Wildman–Crippen LogP) is -1.66. The van der Waals surface area contributed by atoms with Crippen molar-refractivity contribution in [1.29, 1.82) is 0 Å². The first-order valence-electron chi connectivity index (χ1n) is 9.46. The third-order valence-corrected chi connectivity index (χ3v) is 19.1. The van der Waals surface area contributed by atoms with E-state index >= 15 is 0 Å². The molecule has 2 rings (SSSR count). The summed E-state index contributed by atoms with van der Waals surface area (Å²) in [5, 5.41) is 21.8. The van der Waals surface area contributed by atoms with Gasteiger partial charge in [0.2, 0.25) is 0 Å². The molecular weight excluding hydrogens is 491 g/mol. The number of hydrogen-bond acceptors (Lipinski definition) is 2. The maximum atomic E-state index is 9.37. The summed E-state index contributed by atoms with van der Waals surface area (Å²) in [5.41, 5.74) is 0. The van der Waals surface area contributed by atoms with E-state index in [-0.39, 0.29) is 24.8 Å². The number of aliphatic hydroxyl groups excluding tert-OH is 2. The Morgan fingerprint density at radius 1 is 0.852 bits per heavy atom. The van der Waals surface area contributed by atoms with E-state index in [9.17, 15) is 10.2 Å². The first kappa shape index (κ1) is 27.6. The van der Waals surface area contributed by atoms with Crippen LogP contribution in [0.2, 0.25) is 38.3 Å². The Bertz CT molecular complexity index is 623. The molecule has 0 atom stereocenters. The number of halogens is 2. The largest absolute Gasteiger partial charge is 1.00 e. The molecular formula is C20H34Cl2O2Si2Zr. The van der Waals surface area contributed by atoms with Gasteiger partial charge in [0, 0.05) is 0 Å². The third kappa shape index (κ3) is 6.84. The van der Waals surface area contributed by atoms with Gasteiger partial charge in [0.25, 0.3) is 0 Å². The molecule has 152 valence electrons. The second-order valence-corrected chi connectivity index (χ2v) is 24.8. The zero-order chi connectivity index (χ0) is 18.7. The van der Waals surface area contributed by atoms with Crippen LogP contribution in [0.4, 0.5) is 0 Å². The smallest absolute Gasteiger partial charge is 1.00 e. The molecule has 0 aromatic carbocycles. The van der Waals surface area contributed by atoms with Crippen LogP contribution in [0, 0.1) is 0 Å². The molecule has 0 aliphatic heterocycles. The maximum absolute atomic E-state index is 9.37. The Hall–Kier alpha value is 0.647. The van der Waals surface area contributed by atoms with E-state index in [1.165, 1.54) is 0 Å². The molecule has 0 heterocycles. The summed E-state index contributed by atoms with van der Waals surface area (Å²) < 4.78 is 5.95. The Balaban J connectivity index is 0.00000338. The van der Waals surface area contributed by atoms with Gasteiger partial charge >= 0.3 is 164 Å². The molecule has 27 heavy (non-hydrogen) atoms. The van der Waals surface area contributed by atoms with Crippen LogP contribution < -0.4 is 24.8 Å². The van der Waals surface area contributed by atoms with Gasteiger partial charge in [0.15, 0.2) is 0 Å². The number of allylic oxidation sites excluding steroid dienone is 8. The van der Waals surface area contributed by atoms with E-state index < -0.39 is 37.4 Å². The van der Waals surface area contributed by atoms with Gasteiger partial charge in [0.05, 0.1) is 0 Å². The normalized spacial score (nSPS) is 16.2. The molecule has 2 N–H and O–H groups in total. The molecule has 0 aromatic rings. The summed E-state index contributed by atoms with van der Waals surface area (Å²) in [6, 6.07) is 1.93. The number of rotatable bonds is 8. The van der Waals surface area contributed by atoms with Crippen molar-refractivity contribution in [3.63, 3.8) is 0 Å². The molecule has 0 fully saturated rings. The molecule has 7 heteroatoms. The van der Waals surface area contributed by atoms with Crippen molar-refractivity contribution in [3.05, 3.63) is 41.3 Å². The van der Waals surface area contributed by atoms with E-state index in [1.807, 2.05) is 0 Å². The topological polar surface area (TPSA) is 40.5 Å². The summed E-state index contributed by atoms with van der Waals surface area (Å²) in [5.74, 6) is 0. The second kappa shape index (κ2) is 11.7. The first-order chi connectivity index (χ1) is 11.7. The molecule has 0 saturated heterocycles. The van der Waals surface area contributed by atoms with Crippen molar-refractivity contribution >= 4 is 19.9 Å². The van der Waals surface area contributed by atoms with E-state index in [0.29, 0.717) is 13.2 Å². The molecule has 2 aliphatic carbocycles. The van der Waals surface area contributed by atoms with Gasteiger partial charge in [-0.3, -0.25) is 0 Å². The standard InChI is InChI=1S/2C9H15OSi.C2H4.2ClH.Zr/c2*1-11(2,8-7-10)9-5-3-4-6-9;1-2;;;/h2*5-6,10H,3,7-8H2,1-2H3;1H,2H3;2*1H;/q;;;;;+2/p-2. The molecule has 2 nitrogen and oxygen atoms in total. The second-order valence-electron chi connectivity index (χ2n) is 8.48. The van der Waals surface area contributed by atoms with E-state index in [2.05, 4.69) is 61.1 Å². The van der Waals surface area contributed by atoms with Crippen LogP contribution >= 0.6 is 0 Å². The average molecular weight is 525 g/mol. The van der Waals surface area contributed by atoms with Crippen LogP contribution in [0.5, 0.6) is 0 Å². The Morgan fingerprint density at radius 3 is 1.52 bits per heavy atom. The van der Waals surface area contributed by atoms with Crippen molar-refractivity contribution in [2.24, 2.45) is 0 Å².